The topological polar surface area (TPSA) is 76.1 Å². The van der Waals surface area contributed by atoms with Gasteiger partial charge in [-0.25, -0.2) is 9.97 Å². The van der Waals surface area contributed by atoms with E-state index in [1.54, 1.807) is 0 Å². The molecule has 6 nitrogen and oxygen atoms in total. The summed E-state index contributed by atoms with van der Waals surface area (Å²) in [5.41, 5.74) is 1.62. The van der Waals surface area contributed by atoms with Crippen molar-refractivity contribution in [3.63, 3.8) is 0 Å². The lowest BCUT2D eigenvalue weighted by atomic mass is 10.2. The minimum atomic E-state index is -0.0602. The zero-order chi connectivity index (χ0) is 17.5. The number of rotatable bonds is 7. The quantitative estimate of drug-likeness (QED) is 0.691. The van der Waals surface area contributed by atoms with Crippen molar-refractivity contribution in [2.45, 2.75) is 13.3 Å². The molecule has 25 heavy (non-hydrogen) atoms. The first-order valence-electron chi connectivity index (χ1n) is 8.22. The van der Waals surface area contributed by atoms with Crippen molar-refractivity contribution in [1.29, 1.82) is 0 Å². The van der Waals surface area contributed by atoms with Crippen molar-refractivity contribution in [2.75, 3.05) is 23.8 Å². The van der Waals surface area contributed by atoms with E-state index in [0.29, 0.717) is 19.6 Å². The van der Waals surface area contributed by atoms with E-state index in [1.807, 2.05) is 55.5 Å². The average molecular weight is 336 g/mol. The normalized spacial score (nSPS) is 10.4. The number of nitrogens with zero attached hydrogens (tertiary/aromatic N) is 2. The molecule has 3 rings (SSSR count). The van der Waals surface area contributed by atoms with Crippen LogP contribution in [0.15, 0.2) is 54.9 Å². The predicted molar refractivity (Wildman–Crippen MR) is 98.9 cm³/mol. The molecule has 0 radical (unpaired) electrons. The van der Waals surface area contributed by atoms with Gasteiger partial charge in [0.15, 0.2) is 0 Å². The lowest BCUT2D eigenvalue weighted by Gasteiger charge is -2.09. The summed E-state index contributed by atoms with van der Waals surface area (Å²) in [5.74, 6) is 1.47. The second-order valence-corrected chi connectivity index (χ2v) is 5.42. The predicted octanol–water partition coefficient (Wildman–Crippen LogP) is 3.47. The molecule has 0 atom stereocenters. The fraction of sp³-hybridized carbons (Fsp3) is 0.211. The van der Waals surface area contributed by atoms with Crippen molar-refractivity contribution in [3.05, 3.63) is 54.9 Å². The molecule has 0 aliphatic rings. The molecule has 0 spiro atoms. The van der Waals surface area contributed by atoms with Crippen molar-refractivity contribution < 1.29 is 9.53 Å². The summed E-state index contributed by atoms with van der Waals surface area (Å²) in [4.78, 5) is 20.5. The minimum Gasteiger partial charge on any atom is -0.494 e. The molecule has 1 amide bonds. The summed E-state index contributed by atoms with van der Waals surface area (Å²) in [6.07, 6.45) is 1.86. The molecule has 0 aliphatic carbocycles. The molecule has 0 saturated heterocycles. The molecule has 0 saturated carbocycles. The van der Waals surface area contributed by atoms with E-state index in [1.165, 1.54) is 6.33 Å². The Labute approximate surface area is 146 Å². The van der Waals surface area contributed by atoms with Crippen LogP contribution in [0.5, 0.6) is 5.75 Å². The van der Waals surface area contributed by atoms with Crippen LogP contribution in [0.2, 0.25) is 0 Å². The number of para-hydroxylation sites is 1. The number of aromatic nitrogens is 2. The van der Waals surface area contributed by atoms with E-state index in [2.05, 4.69) is 20.6 Å². The van der Waals surface area contributed by atoms with Crippen LogP contribution in [-0.2, 0) is 4.79 Å². The third-order valence-corrected chi connectivity index (χ3v) is 3.64. The van der Waals surface area contributed by atoms with E-state index in [9.17, 15) is 4.79 Å². The van der Waals surface area contributed by atoms with E-state index in [4.69, 9.17) is 4.74 Å². The summed E-state index contributed by atoms with van der Waals surface area (Å²) in [7, 11) is 0. The van der Waals surface area contributed by atoms with Crippen LogP contribution < -0.4 is 15.4 Å². The molecule has 128 valence electrons. The Kier molecular flexibility index (Phi) is 5.41. The number of ether oxygens (including phenoxy) is 1. The first-order chi connectivity index (χ1) is 12.3. The van der Waals surface area contributed by atoms with Gasteiger partial charge >= 0.3 is 0 Å². The molecular formula is C19H20N4O2. The molecule has 6 heteroatoms. The molecule has 1 aromatic heterocycles. The Bertz CT molecular complexity index is 844. The number of amides is 1. The molecule has 2 N–H and O–H groups in total. The highest BCUT2D eigenvalue weighted by Crippen LogP contribution is 2.18. The van der Waals surface area contributed by atoms with Gasteiger partial charge in [-0.2, -0.15) is 0 Å². The number of hydrogen-bond acceptors (Lipinski definition) is 5. The van der Waals surface area contributed by atoms with Crippen LogP contribution in [0, 0.1) is 0 Å². The van der Waals surface area contributed by atoms with Crippen LogP contribution in [0.4, 0.5) is 11.5 Å². The largest absolute Gasteiger partial charge is 0.494 e. The van der Waals surface area contributed by atoms with Crippen LogP contribution in [-0.4, -0.2) is 29.0 Å². The summed E-state index contributed by atoms with van der Waals surface area (Å²) in [6, 6.07) is 15.1. The van der Waals surface area contributed by atoms with E-state index < -0.39 is 0 Å². The summed E-state index contributed by atoms with van der Waals surface area (Å²) < 4.78 is 5.38. The Morgan fingerprint density at radius 1 is 1.08 bits per heavy atom. The molecular weight excluding hydrogens is 316 g/mol. The maximum Gasteiger partial charge on any atom is 0.226 e. The Morgan fingerprint density at radius 3 is 2.68 bits per heavy atom. The zero-order valence-corrected chi connectivity index (χ0v) is 14.0. The number of fused-ring (bicyclic) bond motifs is 1. The lowest BCUT2D eigenvalue weighted by molar-refractivity contribution is -0.115. The van der Waals surface area contributed by atoms with Gasteiger partial charge < -0.3 is 15.4 Å². The van der Waals surface area contributed by atoms with Gasteiger partial charge in [-0.15, -0.1) is 0 Å². The molecule has 0 bridgehead atoms. The number of benzene rings is 2. The molecule has 2 aromatic carbocycles. The highest BCUT2D eigenvalue weighted by Gasteiger charge is 2.05. The van der Waals surface area contributed by atoms with Gasteiger partial charge in [-0.3, -0.25) is 4.79 Å². The first-order valence-corrected chi connectivity index (χ1v) is 8.22. The first kappa shape index (κ1) is 16.7. The van der Waals surface area contributed by atoms with Crippen LogP contribution >= 0.6 is 0 Å². The third-order valence-electron chi connectivity index (χ3n) is 3.64. The van der Waals surface area contributed by atoms with Crippen LogP contribution in [0.3, 0.4) is 0 Å². The van der Waals surface area contributed by atoms with Crippen molar-refractivity contribution in [2.24, 2.45) is 0 Å². The van der Waals surface area contributed by atoms with Gasteiger partial charge in [0, 0.05) is 24.0 Å². The van der Waals surface area contributed by atoms with Gasteiger partial charge in [0.05, 0.1) is 12.1 Å². The van der Waals surface area contributed by atoms with Gasteiger partial charge in [0.1, 0.15) is 17.9 Å². The number of nitrogens with one attached hydrogen (secondary N) is 2. The molecule has 3 aromatic rings. The van der Waals surface area contributed by atoms with Gasteiger partial charge in [-0.1, -0.05) is 12.1 Å². The van der Waals surface area contributed by atoms with E-state index in [0.717, 1.165) is 28.2 Å². The van der Waals surface area contributed by atoms with Gasteiger partial charge in [0.2, 0.25) is 5.91 Å². The van der Waals surface area contributed by atoms with E-state index in [-0.39, 0.29) is 5.91 Å². The average Bonchev–Trinajstić information content (AvgIpc) is 2.64. The Morgan fingerprint density at radius 2 is 1.88 bits per heavy atom. The number of carbonyl (C=O) groups is 1. The second-order valence-electron chi connectivity index (χ2n) is 5.42. The fourth-order valence-corrected chi connectivity index (χ4v) is 2.46. The van der Waals surface area contributed by atoms with Crippen LogP contribution in [0.1, 0.15) is 13.3 Å². The smallest absolute Gasteiger partial charge is 0.226 e. The monoisotopic (exact) mass is 336 g/mol. The van der Waals surface area contributed by atoms with Gasteiger partial charge in [-0.05, 0) is 43.3 Å². The number of carbonyl (C=O) groups excluding carboxylic acids is 1. The maximum atomic E-state index is 12.1. The van der Waals surface area contributed by atoms with E-state index >= 15 is 0 Å². The number of hydrogen-bond donors (Lipinski definition) is 2. The third kappa shape index (κ3) is 4.44. The molecule has 0 fully saturated rings. The zero-order valence-electron chi connectivity index (χ0n) is 14.0. The number of anilines is 2. The summed E-state index contributed by atoms with van der Waals surface area (Å²) in [6.45, 7) is 3.04. The minimum absolute atomic E-state index is 0.0602. The second kappa shape index (κ2) is 8.10. The maximum absolute atomic E-state index is 12.1. The van der Waals surface area contributed by atoms with Crippen molar-refractivity contribution in [1.82, 2.24) is 9.97 Å². The fourth-order valence-electron chi connectivity index (χ4n) is 2.46. The standard InChI is InChI=1S/C19H20N4O2/c1-2-25-15-9-7-14(8-10-15)23-18(24)11-12-20-19-16-5-3-4-6-17(16)21-13-22-19/h3-10,13H,2,11-12H2,1H3,(H,23,24)(H,20,21,22). The van der Waals surface area contributed by atoms with Crippen molar-refractivity contribution >= 4 is 28.3 Å². The lowest BCUT2D eigenvalue weighted by Crippen LogP contribution is -2.16. The highest BCUT2D eigenvalue weighted by atomic mass is 16.5. The molecule has 1 heterocycles. The highest BCUT2D eigenvalue weighted by molar-refractivity contribution is 5.92. The summed E-state index contributed by atoms with van der Waals surface area (Å²) in [5, 5.41) is 7.01. The van der Waals surface area contributed by atoms with Crippen molar-refractivity contribution in [3.8, 4) is 5.75 Å². The Hall–Kier alpha value is -3.15. The SMILES string of the molecule is CCOc1ccc(NC(=O)CCNc2ncnc3ccccc23)cc1. The molecule has 0 aliphatic heterocycles. The summed E-state index contributed by atoms with van der Waals surface area (Å²) >= 11 is 0. The Balaban J connectivity index is 1.52. The molecule has 0 unspecified atom stereocenters. The van der Waals surface area contributed by atoms with Crippen LogP contribution in [0.25, 0.3) is 10.9 Å². The van der Waals surface area contributed by atoms with Gasteiger partial charge in [0.25, 0.3) is 0 Å².